The highest BCUT2D eigenvalue weighted by atomic mass is 32.2. The van der Waals surface area contributed by atoms with Gasteiger partial charge in [0.05, 0.1) is 6.61 Å². The van der Waals surface area contributed by atoms with Crippen LogP contribution in [0.15, 0.2) is 40.7 Å². The Kier molecular flexibility index (Phi) is 6.36. The molecule has 0 spiro atoms. The topological polar surface area (TPSA) is 62.6 Å². The highest BCUT2D eigenvalue weighted by Crippen LogP contribution is 2.45. The Labute approximate surface area is 182 Å². The Balaban J connectivity index is 1.21. The number of piperazine rings is 1. The molecule has 2 aliphatic heterocycles. The van der Waals surface area contributed by atoms with Crippen LogP contribution in [0, 0.1) is 5.92 Å². The number of carbonyl (C=O) groups is 1. The number of carbonyl (C=O) groups excluding carboxylic acids is 1. The van der Waals surface area contributed by atoms with E-state index in [4.69, 9.17) is 4.74 Å². The van der Waals surface area contributed by atoms with Crippen molar-refractivity contribution < 1.29 is 9.53 Å². The molecule has 30 heavy (non-hydrogen) atoms. The summed E-state index contributed by atoms with van der Waals surface area (Å²) < 4.78 is 7.45. The number of nitrogens with one attached hydrogen (secondary N) is 1. The normalized spacial score (nSPS) is 26.5. The summed E-state index contributed by atoms with van der Waals surface area (Å²) in [6, 6.07) is 1.69. The fourth-order valence-corrected chi connectivity index (χ4v) is 5.49. The summed E-state index contributed by atoms with van der Waals surface area (Å²) in [6.45, 7) is 8.35. The van der Waals surface area contributed by atoms with Gasteiger partial charge in [0.2, 0.25) is 5.88 Å². The zero-order chi connectivity index (χ0) is 21.1. The number of allylic oxidation sites excluding steroid dienone is 2. The molecule has 8 heteroatoms. The molecule has 3 heterocycles. The van der Waals surface area contributed by atoms with Crippen molar-refractivity contribution in [3.63, 3.8) is 0 Å². The third-order valence-corrected chi connectivity index (χ3v) is 7.28. The Morgan fingerprint density at radius 1 is 1.37 bits per heavy atom. The molecule has 3 aliphatic rings. The molecule has 2 atom stereocenters. The summed E-state index contributed by atoms with van der Waals surface area (Å²) in [6.07, 6.45) is 10.2. The van der Waals surface area contributed by atoms with Gasteiger partial charge < -0.3 is 15.0 Å². The predicted molar refractivity (Wildman–Crippen MR) is 121 cm³/mol. The Morgan fingerprint density at radius 3 is 2.93 bits per heavy atom. The van der Waals surface area contributed by atoms with Gasteiger partial charge in [0.25, 0.3) is 5.91 Å². The molecule has 1 aromatic heterocycles. The number of hydrogen-bond donors (Lipinski definition) is 1. The Hall–Kier alpha value is -2.03. The zero-order valence-corrected chi connectivity index (χ0v) is 18.8. The molecule has 7 nitrogen and oxygen atoms in total. The van der Waals surface area contributed by atoms with E-state index in [1.54, 1.807) is 24.8 Å². The number of thioether (sulfide) groups is 1. The third kappa shape index (κ3) is 4.22. The summed E-state index contributed by atoms with van der Waals surface area (Å²) in [4.78, 5) is 18.3. The molecule has 1 aliphatic carbocycles. The fourth-order valence-electron chi connectivity index (χ4n) is 4.48. The van der Waals surface area contributed by atoms with Gasteiger partial charge >= 0.3 is 0 Å². The van der Waals surface area contributed by atoms with Gasteiger partial charge in [-0.1, -0.05) is 24.3 Å². The van der Waals surface area contributed by atoms with Crippen LogP contribution in [0.5, 0.6) is 5.88 Å². The number of aromatic nitrogens is 2. The van der Waals surface area contributed by atoms with Crippen molar-refractivity contribution in [2.75, 3.05) is 46.4 Å². The minimum absolute atomic E-state index is 0.0846. The SMILES string of the molecule is CNC(=O)c1cc(OCCCN2CCN(C3(C)C=CC=C4SC=CC43)CC2)n(C)n1. The first kappa shape index (κ1) is 21.2. The van der Waals surface area contributed by atoms with Crippen LogP contribution in [-0.4, -0.2) is 77.4 Å². The molecule has 2 unspecified atom stereocenters. The highest BCUT2D eigenvalue weighted by Gasteiger charge is 2.42. The van der Waals surface area contributed by atoms with Gasteiger partial charge in [-0.15, -0.1) is 11.8 Å². The highest BCUT2D eigenvalue weighted by molar-refractivity contribution is 8.06. The summed E-state index contributed by atoms with van der Waals surface area (Å²) >= 11 is 1.86. The molecule has 0 radical (unpaired) electrons. The average molecular weight is 430 g/mol. The first-order valence-electron chi connectivity index (χ1n) is 10.6. The Morgan fingerprint density at radius 2 is 2.17 bits per heavy atom. The van der Waals surface area contributed by atoms with Gasteiger partial charge in [0, 0.05) is 64.3 Å². The van der Waals surface area contributed by atoms with Crippen LogP contribution in [0.25, 0.3) is 0 Å². The summed E-state index contributed by atoms with van der Waals surface area (Å²) in [5.41, 5.74) is 0.464. The van der Waals surface area contributed by atoms with Gasteiger partial charge in [0.1, 0.15) is 0 Å². The van der Waals surface area contributed by atoms with E-state index >= 15 is 0 Å². The quantitative estimate of drug-likeness (QED) is 0.671. The lowest BCUT2D eigenvalue weighted by Crippen LogP contribution is -2.58. The third-order valence-electron chi connectivity index (χ3n) is 6.32. The van der Waals surface area contributed by atoms with Crippen LogP contribution in [0.2, 0.25) is 0 Å². The second-order valence-electron chi connectivity index (χ2n) is 8.18. The molecular formula is C22H31N5O2S. The van der Waals surface area contributed by atoms with Gasteiger partial charge in [-0.05, 0) is 23.7 Å². The van der Waals surface area contributed by atoms with Gasteiger partial charge in [-0.2, -0.15) is 5.10 Å². The molecule has 1 N–H and O–H groups in total. The lowest BCUT2D eigenvalue weighted by Gasteiger charge is -2.48. The number of fused-ring (bicyclic) bond motifs is 1. The number of hydrogen-bond acceptors (Lipinski definition) is 6. The fraction of sp³-hybridized carbons (Fsp3) is 0.545. The lowest BCUT2D eigenvalue weighted by atomic mass is 9.80. The second kappa shape index (κ2) is 8.99. The van der Waals surface area contributed by atoms with E-state index in [1.165, 1.54) is 4.91 Å². The molecular weight excluding hydrogens is 398 g/mol. The summed E-state index contributed by atoms with van der Waals surface area (Å²) in [7, 11) is 3.39. The zero-order valence-electron chi connectivity index (χ0n) is 18.0. The van der Waals surface area contributed by atoms with E-state index in [9.17, 15) is 4.79 Å². The molecule has 0 saturated carbocycles. The molecule has 1 amide bonds. The van der Waals surface area contributed by atoms with Crippen molar-refractivity contribution in [3.05, 3.63) is 46.4 Å². The summed E-state index contributed by atoms with van der Waals surface area (Å²) in [5.74, 6) is 0.918. The molecule has 1 saturated heterocycles. The van der Waals surface area contributed by atoms with E-state index in [-0.39, 0.29) is 11.4 Å². The van der Waals surface area contributed by atoms with Crippen molar-refractivity contribution >= 4 is 17.7 Å². The number of nitrogens with zero attached hydrogens (tertiary/aromatic N) is 4. The van der Waals surface area contributed by atoms with Crippen molar-refractivity contribution in [1.82, 2.24) is 24.9 Å². The number of aryl methyl sites for hydroxylation is 1. The number of amides is 1. The van der Waals surface area contributed by atoms with E-state index in [0.717, 1.165) is 39.1 Å². The van der Waals surface area contributed by atoms with Crippen LogP contribution in [0.3, 0.4) is 0 Å². The molecule has 1 fully saturated rings. The van der Waals surface area contributed by atoms with Gasteiger partial charge in [0.15, 0.2) is 5.69 Å². The Bertz CT molecular complexity index is 869. The minimum Gasteiger partial charge on any atom is -0.478 e. The van der Waals surface area contributed by atoms with E-state index in [0.29, 0.717) is 24.1 Å². The first-order valence-corrected chi connectivity index (χ1v) is 11.5. The summed E-state index contributed by atoms with van der Waals surface area (Å²) in [5, 5.41) is 9.00. The first-order chi connectivity index (χ1) is 14.5. The van der Waals surface area contributed by atoms with Gasteiger partial charge in [-0.3, -0.25) is 9.69 Å². The van der Waals surface area contributed by atoms with Crippen molar-refractivity contribution in [2.45, 2.75) is 18.9 Å². The largest absolute Gasteiger partial charge is 0.478 e. The average Bonchev–Trinajstić information content (AvgIpc) is 3.39. The molecule has 4 rings (SSSR count). The maximum Gasteiger partial charge on any atom is 0.271 e. The van der Waals surface area contributed by atoms with E-state index in [2.05, 4.69) is 56.9 Å². The van der Waals surface area contributed by atoms with Crippen LogP contribution < -0.4 is 10.1 Å². The van der Waals surface area contributed by atoms with Gasteiger partial charge in [-0.25, -0.2) is 4.68 Å². The van der Waals surface area contributed by atoms with Crippen LogP contribution in [-0.2, 0) is 7.05 Å². The van der Waals surface area contributed by atoms with Crippen molar-refractivity contribution in [2.24, 2.45) is 13.0 Å². The van der Waals surface area contributed by atoms with Crippen LogP contribution in [0.4, 0.5) is 0 Å². The molecule has 0 aromatic carbocycles. The van der Waals surface area contributed by atoms with Crippen LogP contribution in [0.1, 0.15) is 23.8 Å². The van der Waals surface area contributed by atoms with Crippen LogP contribution >= 0.6 is 11.8 Å². The minimum atomic E-state index is -0.200. The van der Waals surface area contributed by atoms with Crippen molar-refractivity contribution in [1.29, 1.82) is 0 Å². The molecule has 162 valence electrons. The maximum absolute atomic E-state index is 11.7. The lowest BCUT2D eigenvalue weighted by molar-refractivity contribution is 0.0517. The van der Waals surface area contributed by atoms with Crippen molar-refractivity contribution in [3.8, 4) is 5.88 Å². The van der Waals surface area contributed by atoms with E-state index < -0.39 is 0 Å². The smallest absolute Gasteiger partial charge is 0.271 e. The monoisotopic (exact) mass is 429 g/mol. The molecule has 1 aromatic rings. The maximum atomic E-state index is 11.7. The second-order valence-corrected chi connectivity index (χ2v) is 9.16. The predicted octanol–water partition coefficient (Wildman–Crippen LogP) is 2.26. The molecule has 0 bridgehead atoms. The number of ether oxygens (including phenoxy) is 1. The number of rotatable bonds is 7. The van der Waals surface area contributed by atoms with E-state index in [1.807, 2.05) is 11.8 Å². The standard InChI is InChI=1S/C22H31N5O2S/c1-22(8-4-6-19-17(22)7-15-30-19)27-12-10-26(11-13-27)9-5-14-29-20-16-18(21(28)23-2)24-25(20)3/h4,6-8,15-17H,5,9-14H2,1-3H3,(H,23,28).